The van der Waals surface area contributed by atoms with Crippen LogP contribution in [-0.4, -0.2) is 16.2 Å². The minimum Gasteiger partial charge on any atom is -0.465 e. The third-order valence-corrected chi connectivity index (χ3v) is 3.32. The number of hydrogen-bond donors (Lipinski definition) is 2. The second kappa shape index (κ2) is 3.33. The van der Waals surface area contributed by atoms with Crippen molar-refractivity contribution in [2.45, 2.75) is 25.2 Å². The van der Waals surface area contributed by atoms with Crippen molar-refractivity contribution >= 4 is 22.6 Å². The third-order valence-electron chi connectivity index (χ3n) is 2.24. The largest absolute Gasteiger partial charge is 0.465 e. The molecule has 1 fully saturated rings. The molecular weight excluding hydrogens is 188 g/mol. The lowest BCUT2D eigenvalue weighted by molar-refractivity contribution is 0.209. The van der Waals surface area contributed by atoms with Gasteiger partial charge in [0.25, 0.3) is 0 Å². The average Bonchev–Trinajstić information content (AvgIpc) is 2.31. The predicted octanol–water partition coefficient (Wildman–Crippen LogP) is 2.50. The molecule has 1 saturated carbocycles. The molecule has 2 N–H and O–H groups in total. The van der Waals surface area contributed by atoms with Gasteiger partial charge in [-0.05, 0) is 18.8 Å². The van der Waals surface area contributed by atoms with Crippen molar-refractivity contribution in [3.8, 4) is 0 Å². The fourth-order valence-corrected chi connectivity index (χ4v) is 2.29. The van der Waals surface area contributed by atoms with E-state index in [0.29, 0.717) is 11.0 Å². The Morgan fingerprint density at radius 1 is 1.69 bits per heavy atom. The van der Waals surface area contributed by atoms with Gasteiger partial charge in [-0.25, -0.2) is 9.78 Å². The van der Waals surface area contributed by atoms with Crippen LogP contribution >= 0.6 is 11.3 Å². The summed E-state index contributed by atoms with van der Waals surface area (Å²) in [6, 6.07) is 0. The van der Waals surface area contributed by atoms with E-state index in [4.69, 9.17) is 5.11 Å². The molecule has 0 unspecified atom stereocenters. The summed E-state index contributed by atoms with van der Waals surface area (Å²) in [5.74, 6) is 0.627. The van der Waals surface area contributed by atoms with Gasteiger partial charge in [-0.1, -0.05) is 6.42 Å². The SMILES string of the molecule is O=C(O)Nc1ncc(C2CCC2)s1. The van der Waals surface area contributed by atoms with Crippen molar-refractivity contribution < 1.29 is 9.90 Å². The fourth-order valence-electron chi connectivity index (χ4n) is 1.32. The fraction of sp³-hybridized carbons (Fsp3) is 0.500. The maximum atomic E-state index is 10.3. The first-order chi connectivity index (χ1) is 6.25. The molecule has 1 aliphatic rings. The summed E-state index contributed by atoms with van der Waals surface area (Å²) < 4.78 is 0. The lowest BCUT2D eigenvalue weighted by Crippen LogP contribution is -2.07. The number of carbonyl (C=O) groups is 1. The third kappa shape index (κ3) is 1.80. The molecule has 2 rings (SSSR count). The molecule has 1 aromatic rings. The van der Waals surface area contributed by atoms with Crippen LogP contribution in [0.1, 0.15) is 30.1 Å². The molecule has 70 valence electrons. The van der Waals surface area contributed by atoms with Crippen LogP contribution < -0.4 is 5.32 Å². The highest BCUT2D eigenvalue weighted by atomic mass is 32.1. The number of amides is 1. The predicted molar refractivity (Wildman–Crippen MR) is 50.4 cm³/mol. The minimum absolute atomic E-state index is 0.481. The molecule has 13 heavy (non-hydrogen) atoms. The zero-order chi connectivity index (χ0) is 9.26. The van der Waals surface area contributed by atoms with E-state index in [-0.39, 0.29) is 0 Å². The van der Waals surface area contributed by atoms with Crippen molar-refractivity contribution in [2.24, 2.45) is 0 Å². The molecular formula is C8H10N2O2S. The molecule has 0 aromatic carbocycles. The highest BCUT2D eigenvalue weighted by molar-refractivity contribution is 7.15. The maximum absolute atomic E-state index is 10.3. The van der Waals surface area contributed by atoms with Gasteiger partial charge in [-0.2, -0.15) is 0 Å². The number of hydrogen-bond acceptors (Lipinski definition) is 3. The first-order valence-electron chi connectivity index (χ1n) is 4.21. The van der Waals surface area contributed by atoms with Crippen molar-refractivity contribution in [3.05, 3.63) is 11.1 Å². The quantitative estimate of drug-likeness (QED) is 0.767. The summed E-state index contributed by atoms with van der Waals surface area (Å²) in [5, 5.41) is 11.2. The molecule has 1 heterocycles. The van der Waals surface area contributed by atoms with Gasteiger partial charge in [0.2, 0.25) is 0 Å². The highest BCUT2D eigenvalue weighted by Gasteiger charge is 2.21. The van der Waals surface area contributed by atoms with Gasteiger partial charge in [0.05, 0.1) is 0 Å². The number of nitrogens with zero attached hydrogens (tertiary/aromatic N) is 1. The monoisotopic (exact) mass is 198 g/mol. The number of nitrogens with one attached hydrogen (secondary N) is 1. The Balaban J connectivity index is 2.04. The lowest BCUT2D eigenvalue weighted by Gasteiger charge is -2.23. The molecule has 0 radical (unpaired) electrons. The topological polar surface area (TPSA) is 62.2 Å². The second-order valence-electron chi connectivity index (χ2n) is 3.13. The van der Waals surface area contributed by atoms with Crippen molar-refractivity contribution in [1.82, 2.24) is 4.98 Å². The lowest BCUT2D eigenvalue weighted by atomic mass is 9.85. The number of anilines is 1. The van der Waals surface area contributed by atoms with E-state index < -0.39 is 6.09 Å². The van der Waals surface area contributed by atoms with Gasteiger partial charge >= 0.3 is 6.09 Å². The smallest absolute Gasteiger partial charge is 0.410 e. The highest BCUT2D eigenvalue weighted by Crippen LogP contribution is 2.39. The normalized spacial score (nSPS) is 16.6. The van der Waals surface area contributed by atoms with Crippen LogP contribution in [0.25, 0.3) is 0 Å². The second-order valence-corrected chi connectivity index (χ2v) is 4.19. The van der Waals surface area contributed by atoms with Crippen molar-refractivity contribution in [2.75, 3.05) is 5.32 Å². The van der Waals surface area contributed by atoms with Crippen LogP contribution in [0, 0.1) is 0 Å². The molecule has 1 amide bonds. The minimum atomic E-state index is -1.05. The van der Waals surface area contributed by atoms with Crippen LogP contribution in [0.3, 0.4) is 0 Å². The van der Waals surface area contributed by atoms with Crippen LogP contribution in [0.2, 0.25) is 0 Å². The molecule has 0 atom stereocenters. The van der Waals surface area contributed by atoms with Gasteiger partial charge < -0.3 is 5.11 Å². The van der Waals surface area contributed by atoms with E-state index in [0.717, 1.165) is 0 Å². The van der Waals surface area contributed by atoms with Crippen LogP contribution in [-0.2, 0) is 0 Å². The summed E-state index contributed by atoms with van der Waals surface area (Å²) in [5.41, 5.74) is 0. The number of thiazole rings is 1. The Kier molecular flexibility index (Phi) is 2.18. The Bertz CT molecular complexity index is 320. The van der Waals surface area contributed by atoms with E-state index in [1.165, 1.54) is 35.5 Å². The zero-order valence-corrected chi connectivity index (χ0v) is 7.80. The number of carboxylic acid groups (broad SMARTS) is 1. The van der Waals surface area contributed by atoms with Gasteiger partial charge in [0.15, 0.2) is 5.13 Å². The van der Waals surface area contributed by atoms with E-state index in [1.807, 2.05) is 0 Å². The molecule has 1 aromatic heterocycles. The first kappa shape index (κ1) is 8.50. The summed E-state index contributed by atoms with van der Waals surface area (Å²) in [6.07, 6.45) is 4.45. The Morgan fingerprint density at radius 3 is 3.00 bits per heavy atom. The number of aromatic nitrogens is 1. The molecule has 0 spiro atoms. The molecule has 4 nitrogen and oxygen atoms in total. The molecule has 0 bridgehead atoms. The number of rotatable bonds is 2. The summed E-state index contributed by atoms with van der Waals surface area (Å²) in [6.45, 7) is 0. The van der Waals surface area contributed by atoms with Crippen LogP contribution in [0.15, 0.2) is 6.20 Å². The van der Waals surface area contributed by atoms with E-state index >= 15 is 0 Å². The average molecular weight is 198 g/mol. The first-order valence-corrected chi connectivity index (χ1v) is 5.03. The molecule has 5 heteroatoms. The molecule has 0 aliphatic heterocycles. The van der Waals surface area contributed by atoms with Crippen LogP contribution in [0.5, 0.6) is 0 Å². The standard InChI is InChI=1S/C8H10N2O2S/c11-8(12)10-7-9-4-6(13-7)5-2-1-3-5/h4-5H,1-3H2,(H,9,10)(H,11,12). The van der Waals surface area contributed by atoms with Crippen molar-refractivity contribution in [1.29, 1.82) is 0 Å². The van der Waals surface area contributed by atoms with E-state index in [2.05, 4.69) is 10.3 Å². The van der Waals surface area contributed by atoms with Gasteiger partial charge in [0, 0.05) is 11.1 Å². The maximum Gasteiger partial charge on any atom is 0.410 e. The Hall–Kier alpha value is -1.10. The van der Waals surface area contributed by atoms with E-state index in [1.54, 1.807) is 6.20 Å². The Labute approximate surface area is 79.6 Å². The summed E-state index contributed by atoms with van der Waals surface area (Å²) in [4.78, 5) is 15.5. The van der Waals surface area contributed by atoms with Gasteiger partial charge in [-0.3, -0.25) is 5.32 Å². The molecule has 1 aliphatic carbocycles. The van der Waals surface area contributed by atoms with Crippen LogP contribution in [0.4, 0.5) is 9.93 Å². The van der Waals surface area contributed by atoms with Gasteiger partial charge in [-0.15, -0.1) is 11.3 Å². The summed E-state index contributed by atoms with van der Waals surface area (Å²) in [7, 11) is 0. The van der Waals surface area contributed by atoms with Gasteiger partial charge in [0.1, 0.15) is 0 Å². The zero-order valence-electron chi connectivity index (χ0n) is 6.99. The Morgan fingerprint density at radius 2 is 2.46 bits per heavy atom. The summed E-state index contributed by atoms with van der Waals surface area (Å²) >= 11 is 1.44. The van der Waals surface area contributed by atoms with Crippen molar-refractivity contribution in [3.63, 3.8) is 0 Å². The van der Waals surface area contributed by atoms with E-state index in [9.17, 15) is 4.79 Å². The molecule has 0 saturated heterocycles.